The molecule has 24 heavy (non-hydrogen) atoms. The van der Waals surface area contributed by atoms with E-state index in [-0.39, 0.29) is 0 Å². The van der Waals surface area contributed by atoms with Gasteiger partial charge < -0.3 is 14.2 Å². The van der Waals surface area contributed by atoms with E-state index in [1.807, 2.05) is 24.3 Å². The summed E-state index contributed by atoms with van der Waals surface area (Å²) in [5.41, 5.74) is 0. The summed E-state index contributed by atoms with van der Waals surface area (Å²) in [5.74, 6) is 0.662. The largest absolute Gasteiger partial charge is 0.452 e. The standard InChI is InChI=1S/C18H16Br2O4/c1-3-17(21)22-12(2)18(23-15-8-4-13(19)5-9-15)24-16-10-6-14(20)7-11-16/h3-12,18H,1H2,2H3. The van der Waals surface area contributed by atoms with Gasteiger partial charge in [-0.2, -0.15) is 0 Å². The highest BCUT2D eigenvalue weighted by molar-refractivity contribution is 9.10. The first kappa shape index (κ1) is 18.5. The van der Waals surface area contributed by atoms with E-state index >= 15 is 0 Å². The van der Waals surface area contributed by atoms with Gasteiger partial charge in [-0.3, -0.25) is 0 Å². The molecule has 0 heterocycles. The van der Waals surface area contributed by atoms with Crippen LogP contribution in [0.25, 0.3) is 0 Å². The Labute approximate surface area is 157 Å². The van der Waals surface area contributed by atoms with Crippen LogP contribution in [0.4, 0.5) is 0 Å². The number of esters is 1. The second-order valence-corrected chi connectivity index (χ2v) is 6.69. The minimum absolute atomic E-state index is 0.536. The SMILES string of the molecule is C=CC(=O)OC(C)C(Oc1ccc(Br)cc1)Oc1ccc(Br)cc1. The summed E-state index contributed by atoms with van der Waals surface area (Å²) in [6.07, 6.45) is -0.341. The average Bonchev–Trinajstić information content (AvgIpc) is 2.58. The van der Waals surface area contributed by atoms with Crippen LogP contribution < -0.4 is 9.47 Å². The normalized spacial score (nSPS) is 11.7. The fraction of sp³-hybridized carbons (Fsp3) is 0.167. The van der Waals surface area contributed by atoms with Gasteiger partial charge in [0.15, 0.2) is 6.10 Å². The molecule has 2 rings (SSSR count). The number of hydrogen-bond donors (Lipinski definition) is 0. The minimum atomic E-state index is -0.809. The molecule has 0 bridgehead atoms. The molecular formula is C18H16Br2O4. The molecule has 126 valence electrons. The highest BCUT2D eigenvalue weighted by atomic mass is 79.9. The zero-order valence-corrected chi connectivity index (χ0v) is 16.1. The molecule has 2 aromatic rings. The lowest BCUT2D eigenvalue weighted by molar-refractivity contribution is -0.157. The lowest BCUT2D eigenvalue weighted by atomic mass is 10.3. The Hall–Kier alpha value is -1.79. The number of halogens is 2. The number of rotatable bonds is 7. The van der Waals surface area contributed by atoms with Gasteiger partial charge in [0.1, 0.15) is 11.5 Å². The molecule has 0 aromatic heterocycles. The molecule has 0 spiro atoms. The number of benzene rings is 2. The maximum atomic E-state index is 11.5. The van der Waals surface area contributed by atoms with Crippen molar-refractivity contribution in [2.45, 2.75) is 19.3 Å². The number of carbonyl (C=O) groups is 1. The second kappa shape index (κ2) is 8.89. The van der Waals surface area contributed by atoms with E-state index in [2.05, 4.69) is 38.4 Å². The maximum Gasteiger partial charge on any atom is 0.330 e. The average molecular weight is 456 g/mol. The Kier molecular flexibility index (Phi) is 6.87. The highest BCUT2D eigenvalue weighted by Crippen LogP contribution is 2.22. The first-order valence-electron chi connectivity index (χ1n) is 7.15. The molecule has 0 aliphatic carbocycles. The summed E-state index contributed by atoms with van der Waals surface area (Å²) < 4.78 is 18.8. The smallest absolute Gasteiger partial charge is 0.330 e. The molecule has 0 saturated carbocycles. The van der Waals surface area contributed by atoms with E-state index < -0.39 is 18.4 Å². The van der Waals surface area contributed by atoms with Crippen molar-refractivity contribution in [1.29, 1.82) is 0 Å². The molecule has 1 unspecified atom stereocenters. The molecule has 4 nitrogen and oxygen atoms in total. The second-order valence-electron chi connectivity index (χ2n) is 4.86. The van der Waals surface area contributed by atoms with Gasteiger partial charge in [-0.05, 0) is 55.5 Å². The fourth-order valence-corrected chi connectivity index (χ4v) is 2.33. The summed E-state index contributed by atoms with van der Waals surface area (Å²) in [6.45, 7) is 5.09. The van der Waals surface area contributed by atoms with Crippen molar-refractivity contribution in [2.75, 3.05) is 0 Å². The Balaban J connectivity index is 2.15. The Morgan fingerprint density at radius 3 is 1.75 bits per heavy atom. The molecular weight excluding hydrogens is 440 g/mol. The van der Waals surface area contributed by atoms with Crippen LogP contribution in [0.1, 0.15) is 6.92 Å². The third-order valence-corrected chi connectivity index (χ3v) is 4.04. The Morgan fingerprint density at radius 1 is 0.958 bits per heavy atom. The van der Waals surface area contributed by atoms with E-state index in [4.69, 9.17) is 14.2 Å². The van der Waals surface area contributed by atoms with E-state index in [1.54, 1.807) is 31.2 Å². The van der Waals surface area contributed by atoms with E-state index in [1.165, 1.54) is 0 Å². The summed E-state index contributed by atoms with van der Waals surface area (Å²) in [5, 5.41) is 0. The van der Waals surface area contributed by atoms with Crippen molar-refractivity contribution in [3.05, 3.63) is 70.1 Å². The molecule has 0 aliphatic rings. The zero-order chi connectivity index (χ0) is 17.5. The summed E-state index contributed by atoms with van der Waals surface area (Å²) in [7, 11) is 0. The molecule has 0 fully saturated rings. The topological polar surface area (TPSA) is 44.8 Å². The Morgan fingerprint density at radius 2 is 1.38 bits per heavy atom. The van der Waals surface area contributed by atoms with E-state index in [0.29, 0.717) is 11.5 Å². The molecule has 0 aliphatic heterocycles. The van der Waals surface area contributed by atoms with Gasteiger partial charge >= 0.3 is 5.97 Å². The van der Waals surface area contributed by atoms with Crippen LogP contribution in [0, 0.1) is 0 Å². The molecule has 6 heteroatoms. The van der Waals surface area contributed by atoms with Crippen LogP contribution in [-0.2, 0) is 9.53 Å². The molecule has 1 atom stereocenters. The van der Waals surface area contributed by atoms with Crippen molar-refractivity contribution < 1.29 is 19.0 Å². The monoisotopic (exact) mass is 454 g/mol. The predicted octanol–water partition coefficient (Wildman–Crippen LogP) is 5.11. The van der Waals surface area contributed by atoms with E-state index in [0.717, 1.165) is 15.0 Å². The van der Waals surface area contributed by atoms with Gasteiger partial charge in [-0.15, -0.1) is 0 Å². The third-order valence-electron chi connectivity index (χ3n) is 2.98. The summed E-state index contributed by atoms with van der Waals surface area (Å²) in [6, 6.07) is 14.6. The number of carbonyl (C=O) groups excluding carboxylic acids is 1. The van der Waals surface area contributed by atoms with Gasteiger partial charge in [0, 0.05) is 15.0 Å². The molecule has 0 radical (unpaired) electrons. The Bertz CT molecular complexity index is 636. The lowest BCUT2D eigenvalue weighted by Crippen LogP contribution is -2.38. The third kappa shape index (κ3) is 5.69. The summed E-state index contributed by atoms with van der Waals surface area (Å²) in [4.78, 5) is 11.5. The van der Waals surface area contributed by atoms with Crippen LogP contribution >= 0.6 is 31.9 Å². The first-order valence-corrected chi connectivity index (χ1v) is 8.74. The van der Waals surface area contributed by atoms with Gasteiger partial charge in [0.25, 0.3) is 6.29 Å². The minimum Gasteiger partial charge on any atom is -0.452 e. The van der Waals surface area contributed by atoms with Crippen LogP contribution in [0.15, 0.2) is 70.1 Å². The van der Waals surface area contributed by atoms with E-state index in [9.17, 15) is 4.79 Å². The molecule has 0 N–H and O–H groups in total. The van der Waals surface area contributed by atoms with Crippen LogP contribution in [0.5, 0.6) is 11.5 Å². The lowest BCUT2D eigenvalue weighted by Gasteiger charge is -2.25. The van der Waals surface area contributed by atoms with Crippen molar-refractivity contribution >= 4 is 37.8 Å². The molecule has 0 amide bonds. The van der Waals surface area contributed by atoms with Crippen LogP contribution in [0.2, 0.25) is 0 Å². The number of ether oxygens (including phenoxy) is 3. The molecule has 2 aromatic carbocycles. The van der Waals surface area contributed by atoms with Crippen molar-refractivity contribution in [1.82, 2.24) is 0 Å². The highest BCUT2D eigenvalue weighted by Gasteiger charge is 2.24. The van der Waals surface area contributed by atoms with Gasteiger partial charge in [0.2, 0.25) is 0 Å². The fourth-order valence-electron chi connectivity index (χ4n) is 1.80. The van der Waals surface area contributed by atoms with Crippen LogP contribution in [0.3, 0.4) is 0 Å². The predicted molar refractivity (Wildman–Crippen MR) is 99.1 cm³/mol. The first-order chi connectivity index (χ1) is 11.5. The van der Waals surface area contributed by atoms with Gasteiger partial charge in [-0.25, -0.2) is 4.79 Å². The number of hydrogen-bond acceptors (Lipinski definition) is 4. The van der Waals surface area contributed by atoms with Crippen molar-refractivity contribution in [3.63, 3.8) is 0 Å². The van der Waals surface area contributed by atoms with Crippen molar-refractivity contribution in [3.8, 4) is 11.5 Å². The van der Waals surface area contributed by atoms with Crippen LogP contribution in [-0.4, -0.2) is 18.4 Å². The van der Waals surface area contributed by atoms with Gasteiger partial charge in [-0.1, -0.05) is 38.4 Å². The zero-order valence-electron chi connectivity index (χ0n) is 12.9. The quantitative estimate of drug-likeness (QED) is 0.330. The van der Waals surface area contributed by atoms with Crippen molar-refractivity contribution in [2.24, 2.45) is 0 Å². The summed E-state index contributed by atoms with van der Waals surface area (Å²) >= 11 is 6.74. The maximum absolute atomic E-state index is 11.5. The van der Waals surface area contributed by atoms with Gasteiger partial charge in [0.05, 0.1) is 0 Å². The molecule has 0 saturated heterocycles.